The summed E-state index contributed by atoms with van der Waals surface area (Å²) in [5.74, 6) is 1.25. The highest BCUT2D eigenvalue weighted by Gasteiger charge is 2.29. The first-order valence-corrected chi connectivity index (χ1v) is 9.40. The molecule has 0 radical (unpaired) electrons. The summed E-state index contributed by atoms with van der Waals surface area (Å²) in [6.45, 7) is 7.62. The molecule has 1 aliphatic heterocycles. The molecular formula is C22H28N2O2. The average molecular weight is 352 g/mol. The van der Waals surface area contributed by atoms with Gasteiger partial charge in [-0.3, -0.25) is 4.79 Å². The van der Waals surface area contributed by atoms with E-state index >= 15 is 0 Å². The Morgan fingerprint density at radius 3 is 2.62 bits per heavy atom. The van der Waals surface area contributed by atoms with Crippen LogP contribution in [0.1, 0.15) is 38.7 Å². The lowest BCUT2D eigenvalue weighted by atomic mass is 10.0. The van der Waals surface area contributed by atoms with E-state index in [1.807, 2.05) is 48.2 Å². The number of anilines is 1. The fourth-order valence-electron chi connectivity index (χ4n) is 3.31. The second kappa shape index (κ2) is 8.26. The average Bonchev–Trinajstić information content (AvgIpc) is 3.10. The Balaban J connectivity index is 1.55. The van der Waals surface area contributed by atoms with Gasteiger partial charge in [-0.05, 0) is 49.1 Å². The molecule has 2 aromatic rings. The molecule has 2 atom stereocenters. The van der Waals surface area contributed by atoms with Gasteiger partial charge in [-0.15, -0.1) is 0 Å². The van der Waals surface area contributed by atoms with E-state index < -0.39 is 6.10 Å². The maximum absolute atomic E-state index is 12.7. The molecule has 4 nitrogen and oxygen atoms in total. The van der Waals surface area contributed by atoms with Gasteiger partial charge in [0.15, 0.2) is 6.10 Å². The lowest BCUT2D eigenvalue weighted by Crippen LogP contribution is -2.40. The van der Waals surface area contributed by atoms with Crippen molar-refractivity contribution in [3.63, 3.8) is 0 Å². The lowest BCUT2D eigenvalue weighted by molar-refractivity contribution is -0.136. The van der Waals surface area contributed by atoms with Crippen LogP contribution in [0, 0.1) is 0 Å². The number of para-hydroxylation sites is 1. The van der Waals surface area contributed by atoms with Gasteiger partial charge in [0, 0.05) is 24.8 Å². The molecule has 1 aliphatic rings. The second-order valence-corrected chi connectivity index (χ2v) is 7.27. The summed E-state index contributed by atoms with van der Waals surface area (Å²) in [7, 11) is 0. The van der Waals surface area contributed by atoms with Gasteiger partial charge >= 0.3 is 0 Å². The normalized spacial score (nSPS) is 18.0. The maximum Gasteiger partial charge on any atom is 0.263 e. The molecule has 3 rings (SSSR count). The molecule has 4 heteroatoms. The molecule has 0 aliphatic carbocycles. The quantitative estimate of drug-likeness (QED) is 0.843. The summed E-state index contributed by atoms with van der Waals surface area (Å²) in [6.07, 6.45) is 0.476. The largest absolute Gasteiger partial charge is 0.481 e. The fourth-order valence-corrected chi connectivity index (χ4v) is 3.31. The minimum Gasteiger partial charge on any atom is -0.481 e. The number of carbonyl (C=O) groups excluding carboxylic acids is 1. The molecule has 1 amide bonds. The van der Waals surface area contributed by atoms with Crippen LogP contribution in [0.4, 0.5) is 5.69 Å². The molecule has 0 bridgehead atoms. The number of carbonyl (C=O) groups is 1. The number of ether oxygens (including phenoxy) is 1. The third-order valence-corrected chi connectivity index (χ3v) is 4.83. The van der Waals surface area contributed by atoms with Gasteiger partial charge in [0.05, 0.1) is 0 Å². The number of amides is 1. The monoisotopic (exact) mass is 352 g/mol. The minimum atomic E-state index is -0.479. The first-order valence-electron chi connectivity index (χ1n) is 9.40. The molecule has 1 fully saturated rings. The smallest absolute Gasteiger partial charge is 0.263 e. The Morgan fingerprint density at radius 2 is 1.88 bits per heavy atom. The van der Waals surface area contributed by atoms with Crippen molar-refractivity contribution in [3.8, 4) is 5.75 Å². The van der Waals surface area contributed by atoms with Crippen LogP contribution in [-0.2, 0) is 4.79 Å². The van der Waals surface area contributed by atoms with Crippen molar-refractivity contribution in [1.82, 2.24) is 4.90 Å². The predicted molar refractivity (Wildman–Crippen MR) is 106 cm³/mol. The number of nitrogens with one attached hydrogen (secondary N) is 1. The number of rotatable bonds is 6. The molecule has 1 N–H and O–H groups in total. The number of benzene rings is 2. The summed E-state index contributed by atoms with van der Waals surface area (Å²) < 4.78 is 5.92. The standard InChI is InChI=1S/C22H28N2O2/c1-16(2)18-8-7-11-21(14-18)26-17(3)22(25)24-13-12-20(15-24)23-19-9-5-4-6-10-19/h4-11,14,16-17,20,23H,12-13,15H2,1-3H3. The van der Waals surface area contributed by atoms with Crippen LogP contribution < -0.4 is 10.1 Å². The van der Waals surface area contributed by atoms with Crippen molar-refractivity contribution in [1.29, 1.82) is 0 Å². The topological polar surface area (TPSA) is 41.6 Å². The van der Waals surface area contributed by atoms with Gasteiger partial charge in [-0.25, -0.2) is 0 Å². The molecule has 138 valence electrons. The number of likely N-dealkylation sites (tertiary alicyclic amines) is 1. The fraction of sp³-hybridized carbons (Fsp3) is 0.409. The summed E-state index contributed by atoms with van der Waals surface area (Å²) in [5, 5.41) is 3.50. The van der Waals surface area contributed by atoms with E-state index in [0.717, 1.165) is 24.4 Å². The van der Waals surface area contributed by atoms with Gasteiger partial charge in [0.2, 0.25) is 0 Å². The van der Waals surface area contributed by atoms with Crippen LogP contribution in [-0.4, -0.2) is 36.0 Å². The van der Waals surface area contributed by atoms with Crippen molar-refractivity contribution < 1.29 is 9.53 Å². The van der Waals surface area contributed by atoms with E-state index in [2.05, 4.69) is 37.4 Å². The van der Waals surface area contributed by atoms with Gasteiger partial charge < -0.3 is 15.0 Å². The van der Waals surface area contributed by atoms with Crippen molar-refractivity contribution in [2.45, 2.75) is 45.3 Å². The highest BCUT2D eigenvalue weighted by Crippen LogP contribution is 2.22. The van der Waals surface area contributed by atoms with E-state index in [4.69, 9.17) is 4.74 Å². The van der Waals surface area contributed by atoms with Crippen molar-refractivity contribution >= 4 is 11.6 Å². The summed E-state index contributed by atoms with van der Waals surface area (Å²) >= 11 is 0. The molecule has 2 unspecified atom stereocenters. The zero-order valence-corrected chi connectivity index (χ0v) is 15.8. The van der Waals surface area contributed by atoms with Crippen LogP contribution in [0.15, 0.2) is 54.6 Å². The molecule has 0 spiro atoms. The third-order valence-electron chi connectivity index (χ3n) is 4.83. The van der Waals surface area contributed by atoms with E-state index in [-0.39, 0.29) is 11.9 Å². The molecule has 1 heterocycles. The van der Waals surface area contributed by atoms with Gasteiger partial charge in [-0.1, -0.05) is 44.2 Å². The van der Waals surface area contributed by atoms with E-state index in [1.54, 1.807) is 0 Å². The first-order chi connectivity index (χ1) is 12.5. The SMILES string of the molecule is CC(Oc1cccc(C(C)C)c1)C(=O)N1CCC(Nc2ccccc2)C1. The zero-order chi connectivity index (χ0) is 18.5. The van der Waals surface area contributed by atoms with Crippen molar-refractivity contribution in [3.05, 3.63) is 60.2 Å². The Hall–Kier alpha value is -2.49. The summed E-state index contributed by atoms with van der Waals surface area (Å²) in [4.78, 5) is 14.6. The second-order valence-electron chi connectivity index (χ2n) is 7.27. The van der Waals surface area contributed by atoms with Gasteiger partial charge in [0.25, 0.3) is 5.91 Å². The molecule has 0 aromatic heterocycles. The summed E-state index contributed by atoms with van der Waals surface area (Å²) in [5.41, 5.74) is 2.32. The van der Waals surface area contributed by atoms with Crippen LogP contribution >= 0.6 is 0 Å². The highest BCUT2D eigenvalue weighted by atomic mass is 16.5. The van der Waals surface area contributed by atoms with E-state index in [0.29, 0.717) is 12.5 Å². The first kappa shape index (κ1) is 18.3. The lowest BCUT2D eigenvalue weighted by Gasteiger charge is -2.22. The van der Waals surface area contributed by atoms with Crippen LogP contribution in [0.25, 0.3) is 0 Å². The number of nitrogens with zero attached hydrogens (tertiary/aromatic N) is 1. The predicted octanol–water partition coefficient (Wildman–Crippen LogP) is 4.29. The molecule has 0 saturated carbocycles. The zero-order valence-electron chi connectivity index (χ0n) is 15.8. The van der Waals surface area contributed by atoms with Crippen LogP contribution in [0.5, 0.6) is 5.75 Å². The van der Waals surface area contributed by atoms with Crippen LogP contribution in [0.3, 0.4) is 0 Å². The molecule has 1 saturated heterocycles. The molecule has 26 heavy (non-hydrogen) atoms. The Kier molecular flexibility index (Phi) is 5.82. The summed E-state index contributed by atoms with van der Waals surface area (Å²) in [6, 6.07) is 18.4. The van der Waals surface area contributed by atoms with Crippen LogP contribution in [0.2, 0.25) is 0 Å². The van der Waals surface area contributed by atoms with Crippen molar-refractivity contribution in [2.24, 2.45) is 0 Å². The van der Waals surface area contributed by atoms with Gasteiger partial charge in [0.1, 0.15) is 5.75 Å². The molecule has 2 aromatic carbocycles. The highest BCUT2D eigenvalue weighted by molar-refractivity contribution is 5.81. The minimum absolute atomic E-state index is 0.0531. The Morgan fingerprint density at radius 1 is 1.12 bits per heavy atom. The Labute approximate surface area is 156 Å². The molecular weight excluding hydrogens is 324 g/mol. The Bertz CT molecular complexity index is 730. The number of hydrogen-bond donors (Lipinski definition) is 1. The van der Waals surface area contributed by atoms with E-state index in [1.165, 1.54) is 5.56 Å². The van der Waals surface area contributed by atoms with Crippen molar-refractivity contribution in [2.75, 3.05) is 18.4 Å². The third kappa shape index (κ3) is 4.57. The number of hydrogen-bond acceptors (Lipinski definition) is 3. The van der Waals surface area contributed by atoms with E-state index in [9.17, 15) is 4.79 Å². The maximum atomic E-state index is 12.7. The van der Waals surface area contributed by atoms with Gasteiger partial charge in [-0.2, -0.15) is 0 Å².